The van der Waals surface area contributed by atoms with E-state index in [0.717, 1.165) is 18.4 Å². The normalized spacial score (nSPS) is 21.8. The summed E-state index contributed by atoms with van der Waals surface area (Å²) in [4.78, 5) is 11.1. The first kappa shape index (κ1) is 9.82. The molecule has 0 aliphatic heterocycles. The number of rotatable bonds is 3. The van der Waals surface area contributed by atoms with Crippen LogP contribution in [0.25, 0.3) is 0 Å². The molecule has 0 bridgehead atoms. The van der Waals surface area contributed by atoms with Crippen LogP contribution in [0.3, 0.4) is 0 Å². The van der Waals surface area contributed by atoms with Crippen LogP contribution < -0.4 is 0 Å². The third-order valence-corrected chi connectivity index (χ3v) is 3.73. The van der Waals surface area contributed by atoms with E-state index in [0.29, 0.717) is 24.3 Å². The lowest BCUT2D eigenvalue weighted by atomic mass is 9.94. The summed E-state index contributed by atoms with van der Waals surface area (Å²) in [6.45, 7) is 0. The number of carbonyl (C=O) groups is 1. The van der Waals surface area contributed by atoms with Gasteiger partial charge < -0.3 is 5.11 Å². The molecule has 2 aliphatic carbocycles. The van der Waals surface area contributed by atoms with Crippen molar-refractivity contribution >= 4 is 5.97 Å². The maximum absolute atomic E-state index is 13.8. The van der Waals surface area contributed by atoms with Crippen molar-refractivity contribution in [1.82, 2.24) is 0 Å². The van der Waals surface area contributed by atoms with E-state index in [1.807, 2.05) is 0 Å². The summed E-state index contributed by atoms with van der Waals surface area (Å²) >= 11 is 0. The zero-order valence-corrected chi connectivity index (χ0v) is 8.87. The molecule has 3 heteroatoms. The smallest absolute Gasteiger partial charge is 0.314 e. The highest BCUT2D eigenvalue weighted by molar-refractivity contribution is 5.84. The molecule has 2 aliphatic rings. The number of carboxylic acids is 1. The van der Waals surface area contributed by atoms with E-state index in [2.05, 4.69) is 0 Å². The van der Waals surface area contributed by atoms with Crippen molar-refractivity contribution in [2.24, 2.45) is 0 Å². The Balaban J connectivity index is 1.97. The average molecular weight is 220 g/mol. The molecule has 0 spiro atoms. The van der Waals surface area contributed by atoms with Crippen LogP contribution in [0.5, 0.6) is 0 Å². The molecule has 1 N–H and O–H groups in total. The minimum Gasteiger partial charge on any atom is -0.481 e. The van der Waals surface area contributed by atoms with Crippen LogP contribution >= 0.6 is 0 Å². The van der Waals surface area contributed by atoms with Gasteiger partial charge >= 0.3 is 5.97 Å². The van der Waals surface area contributed by atoms with E-state index in [1.54, 1.807) is 12.1 Å². The van der Waals surface area contributed by atoms with E-state index in [1.165, 1.54) is 6.07 Å². The fourth-order valence-corrected chi connectivity index (χ4v) is 2.30. The van der Waals surface area contributed by atoms with E-state index in [4.69, 9.17) is 5.11 Å². The topological polar surface area (TPSA) is 37.3 Å². The quantitative estimate of drug-likeness (QED) is 0.850. The van der Waals surface area contributed by atoms with Crippen molar-refractivity contribution in [3.63, 3.8) is 0 Å². The van der Waals surface area contributed by atoms with Gasteiger partial charge in [0.05, 0.1) is 5.41 Å². The predicted octanol–water partition coefficient (Wildman–Crippen LogP) is 2.82. The molecule has 84 valence electrons. The van der Waals surface area contributed by atoms with Gasteiger partial charge in [-0.25, -0.2) is 4.39 Å². The molecule has 0 amide bonds. The zero-order valence-electron chi connectivity index (χ0n) is 8.87. The molecule has 2 fully saturated rings. The van der Waals surface area contributed by atoms with Gasteiger partial charge in [-0.05, 0) is 48.8 Å². The van der Waals surface area contributed by atoms with Gasteiger partial charge in [0.15, 0.2) is 0 Å². The van der Waals surface area contributed by atoms with Gasteiger partial charge in [-0.15, -0.1) is 0 Å². The molecular formula is C13H13FO2. The van der Waals surface area contributed by atoms with Crippen LogP contribution in [0.4, 0.5) is 4.39 Å². The minimum atomic E-state index is -0.828. The van der Waals surface area contributed by atoms with Crippen molar-refractivity contribution in [3.8, 4) is 0 Å². The summed E-state index contributed by atoms with van der Waals surface area (Å²) < 4.78 is 13.8. The number of aliphatic carboxylic acids is 1. The van der Waals surface area contributed by atoms with Crippen LogP contribution in [0.1, 0.15) is 42.7 Å². The molecule has 0 unspecified atom stereocenters. The van der Waals surface area contributed by atoms with Crippen molar-refractivity contribution in [2.75, 3.05) is 0 Å². The Kier molecular flexibility index (Phi) is 1.88. The van der Waals surface area contributed by atoms with E-state index >= 15 is 0 Å². The highest BCUT2D eigenvalue weighted by Gasteiger charge is 2.52. The van der Waals surface area contributed by atoms with Crippen molar-refractivity contribution in [2.45, 2.75) is 37.0 Å². The summed E-state index contributed by atoms with van der Waals surface area (Å²) in [7, 11) is 0. The molecular weight excluding hydrogens is 207 g/mol. The van der Waals surface area contributed by atoms with Gasteiger partial charge in [0.2, 0.25) is 0 Å². The molecule has 2 nitrogen and oxygen atoms in total. The fraction of sp³-hybridized carbons (Fsp3) is 0.462. The average Bonchev–Trinajstić information content (AvgIpc) is 3.12. The van der Waals surface area contributed by atoms with Gasteiger partial charge in [0.1, 0.15) is 5.82 Å². The molecule has 1 aromatic carbocycles. The van der Waals surface area contributed by atoms with Gasteiger partial charge in [-0.3, -0.25) is 4.79 Å². The van der Waals surface area contributed by atoms with E-state index < -0.39 is 11.4 Å². The molecule has 0 saturated heterocycles. The Morgan fingerprint density at radius 1 is 1.38 bits per heavy atom. The monoisotopic (exact) mass is 220 g/mol. The third-order valence-electron chi connectivity index (χ3n) is 3.73. The number of halogens is 1. The van der Waals surface area contributed by atoms with Crippen LogP contribution in [-0.2, 0) is 10.2 Å². The first-order valence-electron chi connectivity index (χ1n) is 5.67. The van der Waals surface area contributed by atoms with Crippen LogP contribution in [-0.4, -0.2) is 11.1 Å². The number of hydrogen-bond acceptors (Lipinski definition) is 1. The highest BCUT2D eigenvalue weighted by Crippen LogP contribution is 2.49. The van der Waals surface area contributed by atoms with E-state index in [-0.39, 0.29) is 5.82 Å². The SMILES string of the molecule is O=C(O)C1(c2ccc(C3CC3)c(F)c2)CC1. The van der Waals surface area contributed by atoms with Crippen LogP contribution in [0.15, 0.2) is 18.2 Å². The van der Waals surface area contributed by atoms with Crippen LogP contribution in [0.2, 0.25) is 0 Å². The molecule has 0 atom stereocenters. The standard InChI is InChI=1S/C13H13FO2/c14-11-7-9(13(5-6-13)12(15)16)3-4-10(11)8-1-2-8/h3-4,7-8H,1-2,5-6H2,(H,15,16). The lowest BCUT2D eigenvalue weighted by molar-refractivity contribution is -0.140. The second-order valence-corrected chi connectivity index (χ2v) is 4.90. The largest absolute Gasteiger partial charge is 0.481 e. The van der Waals surface area contributed by atoms with Crippen LogP contribution in [0, 0.1) is 5.82 Å². The molecule has 2 saturated carbocycles. The lowest BCUT2D eigenvalue weighted by Crippen LogP contribution is -2.19. The lowest BCUT2D eigenvalue weighted by Gasteiger charge is -2.11. The molecule has 0 aromatic heterocycles. The van der Waals surface area contributed by atoms with Crippen molar-refractivity contribution in [1.29, 1.82) is 0 Å². The zero-order chi connectivity index (χ0) is 11.3. The number of hydrogen-bond donors (Lipinski definition) is 1. The summed E-state index contributed by atoms with van der Waals surface area (Å²) in [6.07, 6.45) is 3.37. The summed E-state index contributed by atoms with van der Waals surface area (Å²) in [6, 6.07) is 4.98. The molecule has 16 heavy (non-hydrogen) atoms. The number of benzene rings is 1. The molecule has 3 rings (SSSR count). The Labute approximate surface area is 93.1 Å². The third kappa shape index (κ3) is 1.34. The fourth-order valence-electron chi connectivity index (χ4n) is 2.30. The van der Waals surface area contributed by atoms with Gasteiger partial charge in [-0.1, -0.05) is 12.1 Å². The Morgan fingerprint density at radius 2 is 2.06 bits per heavy atom. The summed E-state index contributed by atoms with van der Waals surface area (Å²) in [5, 5.41) is 9.12. The van der Waals surface area contributed by atoms with Gasteiger partial charge in [0, 0.05) is 0 Å². The maximum Gasteiger partial charge on any atom is 0.314 e. The Morgan fingerprint density at radius 3 is 2.50 bits per heavy atom. The molecule has 1 aromatic rings. The molecule has 0 radical (unpaired) electrons. The number of carboxylic acid groups (broad SMARTS) is 1. The second-order valence-electron chi connectivity index (χ2n) is 4.90. The summed E-state index contributed by atoms with van der Waals surface area (Å²) in [5.74, 6) is -0.687. The van der Waals surface area contributed by atoms with Crippen molar-refractivity contribution in [3.05, 3.63) is 35.1 Å². The first-order valence-corrected chi connectivity index (χ1v) is 5.67. The Hall–Kier alpha value is -1.38. The Bertz CT molecular complexity index is 459. The summed E-state index contributed by atoms with van der Waals surface area (Å²) in [5.41, 5.74) is 0.593. The first-order chi connectivity index (χ1) is 7.63. The maximum atomic E-state index is 13.8. The van der Waals surface area contributed by atoms with Gasteiger partial charge in [0.25, 0.3) is 0 Å². The van der Waals surface area contributed by atoms with Crippen molar-refractivity contribution < 1.29 is 14.3 Å². The second kappa shape index (κ2) is 3.06. The van der Waals surface area contributed by atoms with Gasteiger partial charge in [-0.2, -0.15) is 0 Å². The van der Waals surface area contributed by atoms with E-state index in [9.17, 15) is 9.18 Å². The highest BCUT2D eigenvalue weighted by atomic mass is 19.1. The molecule has 0 heterocycles. The minimum absolute atomic E-state index is 0.229. The predicted molar refractivity (Wildman–Crippen MR) is 56.9 cm³/mol.